The van der Waals surface area contributed by atoms with Gasteiger partial charge in [0.25, 0.3) is 0 Å². The number of hydrogen-bond acceptors (Lipinski definition) is 2. The van der Waals surface area contributed by atoms with Crippen LogP contribution in [0.4, 0.5) is 10.2 Å². The van der Waals surface area contributed by atoms with Gasteiger partial charge in [-0.05, 0) is 41.6 Å². The standard InChI is InChI=1S/C10H8ClFIN3/c1-5-8(13)10(14)16(15-5)9-6(11)3-2-4-7(9)12/h2-4H,14H2,1H3. The normalized spacial score (nSPS) is 10.8. The fourth-order valence-electron chi connectivity index (χ4n) is 1.39. The van der Waals surface area contributed by atoms with Crippen molar-refractivity contribution in [3.05, 3.63) is 38.3 Å². The average molecular weight is 352 g/mol. The van der Waals surface area contributed by atoms with E-state index in [4.69, 9.17) is 17.3 Å². The van der Waals surface area contributed by atoms with Gasteiger partial charge < -0.3 is 5.73 Å². The molecule has 0 unspecified atom stereocenters. The summed E-state index contributed by atoms with van der Waals surface area (Å²) in [6, 6.07) is 4.46. The van der Waals surface area contributed by atoms with Crippen LogP contribution in [0.5, 0.6) is 0 Å². The number of aryl methyl sites for hydroxylation is 1. The van der Waals surface area contributed by atoms with Crippen molar-refractivity contribution in [2.45, 2.75) is 6.92 Å². The molecule has 0 aliphatic carbocycles. The first-order valence-corrected chi connectivity index (χ1v) is 5.93. The highest BCUT2D eigenvalue weighted by Gasteiger charge is 2.16. The molecule has 84 valence electrons. The van der Waals surface area contributed by atoms with Crippen LogP contribution >= 0.6 is 34.2 Å². The molecule has 0 saturated carbocycles. The first-order valence-electron chi connectivity index (χ1n) is 4.47. The van der Waals surface area contributed by atoms with E-state index in [1.807, 2.05) is 6.92 Å². The lowest BCUT2D eigenvalue weighted by atomic mass is 10.3. The summed E-state index contributed by atoms with van der Waals surface area (Å²) in [6.45, 7) is 1.81. The van der Waals surface area contributed by atoms with Crippen LogP contribution in [0.1, 0.15) is 5.69 Å². The van der Waals surface area contributed by atoms with Crippen LogP contribution in [0, 0.1) is 16.3 Å². The van der Waals surface area contributed by atoms with E-state index in [-0.39, 0.29) is 10.7 Å². The summed E-state index contributed by atoms with van der Waals surface area (Å²) in [6.07, 6.45) is 0. The van der Waals surface area contributed by atoms with Crippen molar-refractivity contribution in [2.75, 3.05) is 5.73 Å². The van der Waals surface area contributed by atoms with Gasteiger partial charge in [0.1, 0.15) is 17.3 Å². The van der Waals surface area contributed by atoms with E-state index in [0.717, 1.165) is 9.26 Å². The van der Waals surface area contributed by atoms with Crippen molar-refractivity contribution in [2.24, 2.45) is 0 Å². The molecule has 0 amide bonds. The first kappa shape index (κ1) is 11.7. The zero-order valence-electron chi connectivity index (χ0n) is 8.34. The van der Waals surface area contributed by atoms with Crippen molar-refractivity contribution < 1.29 is 4.39 Å². The monoisotopic (exact) mass is 351 g/mol. The Morgan fingerprint density at radius 1 is 1.50 bits per heavy atom. The zero-order valence-corrected chi connectivity index (χ0v) is 11.3. The molecule has 0 radical (unpaired) electrons. The molecule has 0 aliphatic rings. The number of aromatic nitrogens is 2. The quantitative estimate of drug-likeness (QED) is 0.802. The maximum Gasteiger partial charge on any atom is 0.150 e. The summed E-state index contributed by atoms with van der Waals surface area (Å²) in [5, 5.41) is 4.44. The summed E-state index contributed by atoms with van der Waals surface area (Å²) in [5.41, 5.74) is 6.78. The van der Waals surface area contributed by atoms with Gasteiger partial charge in [0, 0.05) is 0 Å². The predicted octanol–water partition coefficient (Wildman–Crippen LogP) is 3.16. The summed E-state index contributed by atoms with van der Waals surface area (Å²) in [4.78, 5) is 0. The van der Waals surface area contributed by atoms with Gasteiger partial charge >= 0.3 is 0 Å². The van der Waals surface area contributed by atoms with Crippen LogP contribution in [-0.4, -0.2) is 9.78 Å². The molecule has 0 spiro atoms. The molecule has 0 saturated heterocycles. The minimum atomic E-state index is -0.446. The van der Waals surface area contributed by atoms with E-state index < -0.39 is 5.82 Å². The van der Waals surface area contributed by atoms with Gasteiger partial charge in [-0.1, -0.05) is 17.7 Å². The maximum atomic E-state index is 13.7. The van der Waals surface area contributed by atoms with Crippen LogP contribution < -0.4 is 5.73 Å². The Bertz CT molecular complexity index is 533. The maximum absolute atomic E-state index is 13.7. The molecule has 0 bridgehead atoms. The van der Waals surface area contributed by atoms with E-state index in [2.05, 4.69) is 27.7 Å². The molecule has 1 heterocycles. The third-order valence-corrected chi connectivity index (χ3v) is 3.81. The molecule has 0 atom stereocenters. The van der Waals surface area contributed by atoms with Crippen LogP contribution in [-0.2, 0) is 0 Å². The van der Waals surface area contributed by atoms with E-state index in [9.17, 15) is 4.39 Å². The molecule has 2 N–H and O–H groups in total. The number of anilines is 1. The van der Waals surface area contributed by atoms with Gasteiger partial charge in [-0.3, -0.25) is 0 Å². The fourth-order valence-corrected chi connectivity index (χ4v) is 1.97. The topological polar surface area (TPSA) is 43.8 Å². The molecule has 6 heteroatoms. The second-order valence-electron chi connectivity index (χ2n) is 3.27. The van der Waals surface area contributed by atoms with E-state index in [1.54, 1.807) is 12.1 Å². The largest absolute Gasteiger partial charge is 0.383 e. The number of nitrogen functional groups attached to an aromatic ring is 1. The Balaban J connectivity index is 2.72. The van der Waals surface area contributed by atoms with Crippen LogP contribution in [0.15, 0.2) is 18.2 Å². The average Bonchev–Trinajstić information content (AvgIpc) is 2.47. The Morgan fingerprint density at radius 2 is 2.19 bits per heavy atom. The van der Waals surface area contributed by atoms with Crippen molar-refractivity contribution in [3.63, 3.8) is 0 Å². The molecule has 2 aromatic rings. The van der Waals surface area contributed by atoms with Gasteiger partial charge in [0.2, 0.25) is 0 Å². The molecule has 1 aromatic heterocycles. The second-order valence-corrected chi connectivity index (χ2v) is 4.75. The Kier molecular flexibility index (Phi) is 3.07. The lowest BCUT2D eigenvalue weighted by molar-refractivity contribution is 0.611. The van der Waals surface area contributed by atoms with E-state index in [0.29, 0.717) is 5.82 Å². The number of halogens is 3. The van der Waals surface area contributed by atoms with Gasteiger partial charge in [0.05, 0.1) is 14.3 Å². The highest BCUT2D eigenvalue weighted by Crippen LogP contribution is 2.28. The number of nitrogens with zero attached hydrogens (tertiary/aromatic N) is 2. The Morgan fingerprint density at radius 3 is 2.69 bits per heavy atom. The van der Waals surface area contributed by atoms with Crippen molar-refractivity contribution >= 4 is 40.0 Å². The predicted molar refractivity (Wildman–Crippen MR) is 70.4 cm³/mol. The van der Waals surface area contributed by atoms with Crippen molar-refractivity contribution in [1.29, 1.82) is 0 Å². The number of nitrogens with two attached hydrogens (primary N) is 1. The molecule has 0 aliphatic heterocycles. The molecular weight excluding hydrogens is 343 g/mol. The molecular formula is C10H8ClFIN3. The van der Waals surface area contributed by atoms with Gasteiger partial charge in [-0.25, -0.2) is 9.07 Å². The minimum Gasteiger partial charge on any atom is -0.383 e. The SMILES string of the molecule is Cc1nn(-c2c(F)cccc2Cl)c(N)c1I. The number of benzene rings is 1. The number of hydrogen-bond donors (Lipinski definition) is 1. The van der Waals surface area contributed by atoms with Crippen LogP contribution in [0.2, 0.25) is 5.02 Å². The lowest BCUT2D eigenvalue weighted by Gasteiger charge is -2.07. The molecule has 0 fully saturated rings. The van der Waals surface area contributed by atoms with Crippen molar-refractivity contribution in [1.82, 2.24) is 9.78 Å². The van der Waals surface area contributed by atoms with Gasteiger partial charge in [0.15, 0.2) is 0 Å². The van der Waals surface area contributed by atoms with E-state index >= 15 is 0 Å². The summed E-state index contributed by atoms with van der Waals surface area (Å²) in [7, 11) is 0. The van der Waals surface area contributed by atoms with Crippen LogP contribution in [0.3, 0.4) is 0 Å². The summed E-state index contributed by atoms with van der Waals surface area (Å²) >= 11 is 8.00. The van der Waals surface area contributed by atoms with Crippen molar-refractivity contribution in [3.8, 4) is 5.69 Å². The Hall–Kier alpha value is -0.820. The highest BCUT2D eigenvalue weighted by atomic mass is 127. The fraction of sp³-hybridized carbons (Fsp3) is 0.100. The molecule has 1 aromatic carbocycles. The summed E-state index contributed by atoms with van der Waals surface area (Å²) < 4.78 is 15.8. The van der Waals surface area contributed by atoms with Gasteiger partial charge in [-0.15, -0.1) is 0 Å². The third kappa shape index (κ3) is 1.78. The van der Waals surface area contributed by atoms with Crippen LogP contribution in [0.25, 0.3) is 5.69 Å². The van der Waals surface area contributed by atoms with Gasteiger partial charge in [-0.2, -0.15) is 5.10 Å². The summed E-state index contributed by atoms with van der Waals surface area (Å²) in [5.74, 6) is -0.0526. The highest BCUT2D eigenvalue weighted by molar-refractivity contribution is 14.1. The molecule has 16 heavy (non-hydrogen) atoms. The molecule has 2 rings (SSSR count). The minimum absolute atomic E-state index is 0.188. The molecule has 3 nitrogen and oxygen atoms in total. The zero-order chi connectivity index (χ0) is 11.9. The van der Waals surface area contributed by atoms with E-state index in [1.165, 1.54) is 10.7 Å². The smallest absolute Gasteiger partial charge is 0.150 e. The number of rotatable bonds is 1. The first-order chi connectivity index (χ1) is 7.52. The Labute approximate surface area is 111 Å². The third-order valence-electron chi connectivity index (χ3n) is 2.17. The lowest BCUT2D eigenvalue weighted by Crippen LogP contribution is -2.05. The number of para-hydroxylation sites is 1. The second kappa shape index (κ2) is 4.21.